The third-order valence-corrected chi connectivity index (χ3v) is 7.74. The van der Waals surface area contributed by atoms with Gasteiger partial charge in [0.1, 0.15) is 11.8 Å². The van der Waals surface area contributed by atoms with Crippen molar-refractivity contribution in [3.8, 4) is 11.8 Å². The molecule has 2 heterocycles. The first-order valence-corrected chi connectivity index (χ1v) is 12.2. The topological polar surface area (TPSA) is 79.6 Å². The van der Waals surface area contributed by atoms with Crippen LogP contribution in [0, 0.1) is 16.7 Å². The summed E-state index contributed by atoms with van der Waals surface area (Å²) < 4.78 is 11.2. The van der Waals surface area contributed by atoms with Crippen LogP contribution in [0.1, 0.15) is 27.4 Å². The molecule has 2 aliphatic rings. The van der Waals surface area contributed by atoms with Crippen molar-refractivity contribution in [1.29, 1.82) is 5.26 Å². The van der Waals surface area contributed by atoms with Crippen LogP contribution in [-0.4, -0.2) is 38.1 Å². The van der Waals surface area contributed by atoms with E-state index in [2.05, 4.69) is 22.0 Å². The number of rotatable bonds is 5. The van der Waals surface area contributed by atoms with Crippen LogP contribution in [0.3, 0.4) is 0 Å². The molecule has 0 aromatic heterocycles. The Kier molecular flexibility index (Phi) is 6.15. The molecule has 0 N–H and O–H groups in total. The predicted molar refractivity (Wildman–Crippen MR) is 140 cm³/mol. The van der Waals surface area contributed by atoms with Gasteiger partial charge in [-0.2, -0.15) is 5.26 Å². The number of ether oxygens (including phenoxy) is 2. The van der Waals surface area contributed by atoms with E-state index in [1.807, 2.05) is 71.6 Å². The highest BCUT2D eigenvalue weighted by atomic mass is 79.9. The van der Waals surface area contributed by atoms with Gasteiger partial charge in [0.05, 0.1) is 30.8 Å². The Morgan fingerprint density at radius 1 is 1.03 bits per heavy atom. The molecule has 4 atom stereocenters. The molecule has 3 aromatic carbocycles. The molecule has 6 nitrogen and oxygen atoms in total. The number of Topliss-reactive ketones (excluding diaryl/α,β-unsaturated/α-hetero) is 1. The van der Waals surface area contributed by atoms with Crippen LogP contribution in [0.2, 0.25) is 0 Å². The molecule has 0 aliphatic carbocycles. The van der Waals surface area contributed by atoms with Crippen molar-refractivity contribution in [2.75, 3.05) is 19.1 Å². The summed E-state index contributed by atoms with van der Waals surface area (Å²) in [6, 6.07) is 22.9. The quantitative estimate of drug-likeness (QED) is 0.317. The minimum Gasteiger partial charge on any atom is -0.496 e. The van der Waals surface area contributed by atoms with Crippen molar-refractivity contribution < 1.29 is 19.1 Å². The van der Waals surface area contributed by atoms with Crippen LogP contribution in [0.15, 0.2) is 83.3 Å². The van der Waals surface area contributed by atoms with E-state index in [-0.39, 0.29) is 5.78 Å². The van der Waals surface area contributed by atoms with Gasteiger partial charge in [-0.05, 0) is 51.3 Å². The first-order valence-electron chi connectivity index (χ1n) is 11.5. The molecule has 0 bridgehead atoms. The van der Waals surface area contributed by atoms with Crippen LogP contribution in [0.4, 0.5) is 5.69 Å². The summed E-state index contributed by atoms with van der Waals surface area (Å²) in [6.45, 7) is 0. The zero-order valence-corrected chi connectivity index (χ0v) is 21.3. The lowest BCUT2D eigenvalue weighted by atomic mass is 9.68. The van der Waals surface area contributed by atoms with E-state index in [9.17, 15) is 14.9 Å². The molecular formula is C29H23BrN2O4. The van der Waals surface area contributed by atoms with Gasteiger partial charge in [0, 0.05) is 17.2 Å². The van der Waals surface area contributed by atoms with Crippen molar-refractivity contribution in [3.63, 3.8) is 0 Å². The molecule has 0 unspecified atom stereocenters. The fourth-order valence-corrected chi connectivity index (χ4v) is 6.10. The minimum absolute atomic E-state index is 0.205. The van der Waals surface area contributed by atoms with Gasteiger partial charge in [-0.15, -0.1) is 0 Å². The van der Waals surface area contributed by atoms with E-state index >= 15 is 0 Å². The summed E-state index contributed by atoms with van der Waals surface area (Å²) in [4.78, 5) is 29.8. The number of carbonyl (C=O) groups is 2. The van der Waals surface area contributed by atoms with Gasteiger partial charge in [-0.3, -0.25) is 9.59 Å². The van der Waals surface area contributed by atoms with E-state index < -0.39 is 29.4 Å². The zero-order chi connectivity index (χ0) is 25.4. The SMILES string of the molecule is COC(=O)[C@]1(C#N)[C@H](c2ccccc2)[C@H](C(=O)c2ccc(OC)c(Br)c2)N2c3ccccc3C=C[C@H]21. The highest BCUT2D eigenvalue weighted by molar-refractivity contribution is 9.10. The minimum atomic E-state index is -1.65. The third kappa shape index (κ3) is 3.44. The van der Waals surface area contributed by atoms with Gasteiger partial charge >= 0.3 is 5.97 Å². The average molecular weight is 543 g/mol. The Balaban J connectivity index is 1.79. The largest absolute Gasteiger partial charge is 0.496 e. The normalized spacial score (nSPS) is 23.8. The van der Waals surface area contributed by atoms with Crippen molar-refractivity contribution >= 4 is 39.4 Å². The number of methoxy groups -OCH3 is 2. The van der Waals surface area contributed by atoms with Gasteiger partial charge in [-0.25, -0.2) is 0 Å². The molecule has 0 spiro atoms. The first kappa shape index (κ1) is 23.8. The molecule has 7 heteroatoms. The number of hydrogen-bond donors (Lipinski definition) is 0. The number of nitriles is 1. The number of para-hydroxylation sites is 1. The Morgan fingerprint density at radius 2 is 1.75 bits per heavy atom. The average Bonchev–Trinajstić information content (AvgIpc) is 3.24. The van der Waals surface area contributed by atoms with Crippen LogP contribution in [0.25, 0.3) is 6.08 Å². The van der Waals surface area contributed by atoms with Gasteiger partial charge in [0.25, 0.3) is 0 Å². The Morgan fingerprint density at radius 3 is 2.42 bits per heavy atom. The maximum atomic E-state index is 14.4. The van der Waals surface area contributed by atoms with Crippen molar-refractivity contribution in [2.45, 2.75) is 18.0 Å². The standard InChI is InChI=1S/C29H23BrN2O4/c1-35-23-14-12-20(16-21(23)30)27(33)26-25(19-9-4-3-5-10-19)29(17-31,28(34)36-2)24-15-13-18-8-6-7-11-22(18)32(24)26/h3-16,24-26H,1-2H3/t24-,25+,26+,29-/m0/s1. The smallest absolute Gasteiger partial charge is 0.329 e. The molecule has 2 aliphatic heterocycles. The van der Waals surface area contributed by atoms with Gasteiger partial charge in [0.2, 0.25) is 0 Å². The lowest BCUT2D eigenvalue weighted by Gasteiger charge is -2.36. The number of hydrogen-bond acceptors (Lipinski definition) is 6. The molecular weight excluding hydrogens is 520 g/mol. The third-order valence-electron chi connectivity index (χ3n) is 7.12. The fraction of sp³-hybridized carbons (Fsp3) is 0.207. The summed E-state index contributed by atoms with van der Waals surface area (Å²) in [5.41, 5.74) is 1.21. The van der Waals surface area contributed by atoms with E-state index in [0.29, 0.717) is 15.8 Å². The Bertz CT molecular complexity index is 1410. The van der Waals surface area contributed by atoms with Crippen LogP contribution >= 0.6 is 15.9 Å². The number of fused-ring (bicyclic) bond motifs is 3. The summed E-state index contributed by atoms with van der Waals surface area (Å²) in [6.07, 6.45) is 3.75. The Hall–Kier alpha value is -3.89. The van der Waals surface area contributed by atoms with E-state index in [1.54, 1.807) is 25.3 Å². The van der Waals surface area contributed by atoms with Gasteiger partial charge in [-0.1, -0.05) is 60.7 Å². The predicted octanol–water partition coefficient (Wildman–Crippen LogP) is 5.39. The maximum Gasteiger partial charge on any atom is 0.329 e. The van der Waals surface area contributed by atoms with Crippen LogP contribution in [-0.2, 0) is 9.53 Å². The second kappa shape index (κ2) is 9.29. The lowest BCUT2D eigenvalue weighted by Crippen LogP contribution is -2.46. The first-order chi connectivity index (χ1) is 17.5. The van der Waals surface area contributed by atoms with Crippen molar-refractivity contribution in [2.24, 2.45) is 5.41 Å². The number of halogens is 1. The highest BCUT2D eigenvalue weighted by Crippen LogP contribution is 2.56. The number of anilines is 1. The zero-order valence-electron chi connectivity index (χ0n) is 19.7. The number of benzene rings is 3. The summed E-state index contributed by atoms with van der Waals surface area (Å²) >= 11 is 3.48. The maximum absolute atomic E-state index is 14.4. The molecule has 180 valence electrons. The highest BCUT2D eigenvalue weighted by Gasteiger charge is 2.67. The van der Waals surface area contributed by atoms with E-state index in [4.69, 9.17) is 9.47 Å². The fourth-order valence-electron chi connectivity index (χ4n) is 5.56. The van der Waals surface area contributed by atoms with E-state index in [1.165, 1.54) is 7.11 Å². The number of esters is 1. The van der Waals surface area contributed by atoms with Crippen molar-refractivity contribution in [3.05, 3.63) is 100 Å². The number of ketones is 1. The molecule has 1 fully saturated rings. The second-order valence-corrected chi connectivity index (χ2v) is 9.64. The number of carbonyl (C=O) groups excluding carboxylic acids is 2. The molecule has 0 saturated carbocycles. The summed E-state index contributed by atoms with van der Waals surface area (Å²) in [5.74, 6) is -1.06. The molecule has 36 heavy (non-hydrogen) atoms. The van der Waals surface area contributed by atoms with Crippen molar-refractivity contribution in [1.82, 2.24) is 0 Å². The van der Waals surface area contributed by atoms with Crippen LogP contribution in [0.5, 0.6) is 5.75 Å². The molecule has 0 radical (unpaired) electrons. The lowest BCUT2D eigenvalue weighted by molar-refractivity contribution is -0.150. The van der Waals surface area contributed by atoms with Crippen LogP contribution < -0.4 is 9.64 Å². The molecule has 0 amide bonds. The second-order valence-electron chi connectivity index (χ2n) is 8.79. The molecule has 5 rings (SSSR count). The molecule has 1 saturated heterocycles. The monoisotopic (exact) mass is 542 g/mol. The van der Waals surface area contributed by atoms with Gasteiger partial charge < -0.3 is 14.4 Å². The van der Waals surface area contributed by atoms with Gasteiger partial charge in [0.15, 0.2) is 11.2 Å². The molecule has 3 aromatic rings. The Labute approximate surface area is 217 Å². The van der Waals surface area contributed by atoms with E-state index in [0.717, 1.165) is 16.8 Å². The number of nitrogens with zero attached hydrogens (tertiary/aromatic N) is 2. The summed E-state index contributed by atoms with van der Waals surface area (Å²) in [7, 11) is 2.84. The summed E-state index contributed by atoms with van der Waals surface area (Å²) in [5, 5.41) is 10.7.